The highest BCUT2D eigenvalue weighted by Crippen LogP contribution is 2.34. The minimum atomic E-state index is -5.29. The Morgan fingerprint density at radius 2 is 1.82 bits per heavy atom. The maximum Gasteiger partial charge on any atom is 0.573 e. The highest BCUT2D eigenvalue weighted by Gasteiger charge is 2.39. The molecule has 124 valence electrons. The lowest BCUT2D eigenvalue weighted by Gasteiger charge is -2.15. The van der Waals surface area contributed by atoms with Crippen molar-refractivity contribution in [3.05, 3.63) is 23.3 Å². The summed E-state index contributed by atoms with van der Waals surface area (Å²) in [5.41, 5.74) is -3.09. The average Bonchev–Trinajstić information content (AvgIpc) is 2.29. The van der Waals surface area contributed by atoms with E-state index in [2.05, 4.69) is 14.5 Å². The molecule has 0 fully saturated rings. The third-order valence-corrected chi connectivity index (χ3v) is 2.13. The molecular formula is C11H8F7NO3. The van der Waals surface area contributed by atoms with Crippen LogP contribution >= 0.6 is 0 Å². The van der Waals surface area contributed by atoms with Gasteiger partial charge in [-0.05, 0) is 6.92 Å². The van der Waals surface area contributed by atoms with E-state index in [0.717, 1.165) is 0 Å². The van der Waals surface area contributed by atoms with E-state index >= 15 is 0 Å². The van der Waals surface area contributed by atoms with Crippen LogP contribution in [0.1, 0.15) is 18.3 Å². The van der Waals surface area contributed by atoms with Crippen LogP contribution in [0.2, 0.25) is 0 Å². The second-order valence-corrected chi connectivity index (χ2v) is 3.79. The van der Waals surface area contributed by atoms with Gasteiger partial charge in [-0.3, -0.25) is 4.79 Å². The number of hydrogen-bond acceptors (Lipinski definition) is 4. The van der Waals surface area contributed by atoms with E-state index in [1.807, 2.05) is 0 Å². The number of ether oxygens (including phenoxy) is 2. The first-order valence-electron chi connectivity index (χ1n) is 5.62. The van der Waals surface area contributed by atoms with Gasteiger partial charge in [0.1, 0.15) is 0 Å². The van der Waals surface area contributed by atoms with Crippen LogP contribution in [0.5, 0.6) is 5.75 Å². The average molecular weight is 335 g/mol. The molecular weight excluding hydrogens is 327 g/mol. The van der Waals surface area contributed by atoms with E-state index in [4.69, 9.17) is 0 Å². The van der Waals surface area contributed by atoms with E-state index in [1.54, 1.807) is 0 Å². The van der Waals surface area contributed by atoms with Crippen LogP contribution < -0.4 is 4.74 Å². The van der Waals surface area contributed by atoms with E-state index in [0.29, 0.717) is 0 Å². The number of pyridine rings is 1. The van der Waals surface area contributed by atoms with Crippen molar-refractivity contribution in [3.63, 3.8) is 0 Å². The molecule has 0 aliphatic heterocycles. The zero-order valence-electron chi connectivity index (χ0n) is 10.8. The molecule has 0 aliphatic carbocycles. The summed E-state index contributed by atoms with van der Waals surface area (Å²) in [5, 5.41) is 0. The van der Waals surface area contributed by atoms with Crippen LogP contribution in [0.3, 0.4) is 0 Å². The van der Waals surface area contributed by atoms with Gasteiger partial charge in [-0.2, -0.15) is 13.2 Å². The number of hydrogen-bond donors (Lipinski definition) is 0. The van der Waals surface area contributed by atoms with Gasteiger partial charge in [-0.1, -0.05) is 0 Å². The predicted molar refractivity (Wildman–Crippen MR) is 56.2 cm³/mol. The van der Waals surface area contributed by atoms with Crippen molar-refractivity contribution >= 4 is 5.97 Å². The Labute approximate surface area is 118 Å². The van der Waals surface area contributed by atoms with Crippen molar-refractivity contribution < 1.29 is 45.0 Å². The standard InChI is InChI=1S/C11H8F7NO3/c1-2-21-8(20)4-6-7(22-11(16,17)18)3-5(12)9(19-6)10(13,14)15/h3H,2,4H2,1H3. The zero-order valence-corrected chi connectivity index (χ0v) is 10.8. The van der Waals surface area contributed by atoms with Crippen molar-refractivity contribution in [3.8, 4) is 5.75 Å². The van der Waals surface area contributed by atoms with Crippen LogP contribution in [-0.2, 0) is 22.1 Å². The summed E-state index contributed by atoms with van der Waals surface area (Å²) in [4.78, 5) is 13.9. The van der Waals surface area contributed by atoms with Gasteiger partial charge < -0.3 is 9.47 Å². The number of nitrogens with zero attached hydrogens (tertiary/aromatic N) is 1. The minimum Gasteiger partial charge on any atom is -0.466 e. The van der Waals surface area contributed by atoms with E-state index in [1.165, 1.54) is 6.92 Å². The Hall–Kier alpha value is -2.07. The van der Waals surface area contributed by atoms with Gasteiger partial charge in [-0.25, -0.2) is 9.37 Å². The Balaban J connectivity index is 3.30. The smallest absolute Gasteiger partial charge is 0.466 e. The molecule has 0 N–H and O–H groups in total. The highest BCUT2D eigenvalue weighted by atomic mass is 19.4. The molecule has 22 heavy (non-hydrogen) atoms. The van der Waals surface area contributed by atoms with Crippen molar-refractivity contribution in [1.29, 1.82) is 0 Å². The molecule has 4 nitrogen and oxygen atoms in total. The summed E-state index contributed by atoms with van der Waals surface area (Å²) < 4.78 is 95.0. The SMILES string of the molecule is CCOC(=O)Cc1nc(C(F)(F)F)c(F)cc1OC(F)(F)F. The van der Waals surface area contributed by atoms with Gasteiger partial charge in [0, 0.05) is 6.07 Å². The third-order valence-electron chi connectivity index (χ3n) is 2.13. The number of carbonyl (C=O) groups is 1. The summed E-state index contributed by atoms with van der Waals surface area (Å²) in [6.45, 7) is 1.23. The molecule has 0 unspecified atom stereocenters. The molecule has 0 atom stereocenters. The summed E-state index contributed by atoms with van der Waals surface area (Å²) in [6, 6.07) is -0.127. The van der Waals surface area contributed by atoms with E-state index in [-0.39, 0.29) is 12.7 Å². The fourth-order valence-electron chi connectivity index (χ4n) is 1.40. The number of carbonyl (C=O) groups excluding carboxylic acids is 1. The lowest BCUT2D eigenvalue weighted by molar-refractivity contribution is -0.275. The summed E-state index contributed by atoms with van der Waals surface area (Å²) >= 11 is 0. The van der Waals surface area contributed by atoms with Gasteiger partial charge >= 0.3 is 18.5 Å². The fourth-order valence-corrected chi connectivity index (χ4v) is 1.40. The number of rotatable bonds is 4. The second-order valence-electron chi connectivity index (χ2n) is 3.79. The number of esters is 1. The summed E-state index contributed by atoms with van der Waals surface area (Å²) in [6.07, 6.45) is -11.6. The van der Waals surface area contributed by atoms with Gasteiger partial charge in [0.2, 0.25) is 0 Å². The first-order chi connectivity index (χ1) is 9.94. The first kappa shape index (κ1) is 18.0. The maximum absolute atomic E-state index is 13.2. The molecule has 1 aromatic heterocycles. The predicted octanol–water partition coefficient (Wildman–Crippen LogP) is 3.24. The molecule has 1 rings (SSSR count). The zero-order chi connectivity index (χ0) is 17.1. The van der Waals surface area contributed by atoms with Crippen molar-refractivity contribution in [2.45, 2.75) is 25.9 Å². The highest BCUT2D eigenvalue weighted by molar-refractivity contribution is 5.72. The van der Waals surface area contributed by atoms with Crippen LogP contribution in [0.15, 0.2) is 6.07 Å². The lowest BCUT2D eigenvalue weighted by atomic mass is 10.2. The van der Waals surface area contributed by atoms with Crippen LogP contribution in [0.25, 0.3) is 0 Å². The summed E-state index contributed by atoms with van der Waals surface area (Å²) in [7, 11) is 0. The second kappa shape index (κ2) is 6.36. The molecule has 0 amide bonds. The first-order valence-corrected chi connectivity index (χ1v) is 5.62. The van der Waals surface area contributed by atoms with E-state index < -0.39 is 47.9 Å². The third kappa shape index (κ3) is 5.04. The summed E-state index contributed by atoms with van der Waals surface area (Å²) in [5.74, 6) is -4.54. The normalized spacial score (nSPS) is 12.2. The molecule has 11 heteroatoms. The Bertz CT molecular complexity index is 554. The molecule has 0 aliphatic rings. The monoisotopic (exact) mass is 335 g/mol. The molecule has 1 aromatic rings. The van der Waals surface area contributed by atoms with E-state index in [9.17, 15) is 35.5 Å². The van der Waals surface area contributed by atoms with Crippen LogP contribution in [0, 0.1) is 5.82 Å². The molecule has 0 aromatic carbocycles. The van der Waals surface area contributed by atoms with Gasteiger partial charge in [0.25, 0.3) is 0 Å². The minimum absolute atomic E-state index is 0.127. The number of alkyl halides is 6. The van der Waals surface area contributed by atoms with Crippen molar-refractivity contribution in [2.75, 3.05) is 6.61 Å². The Kier molecular flexibility index (Phi) is 5.20. The molecule has 1 heterocycles. The number of aromatic nitrogens is 1. The molecule has 0 radical (unpaired) electrons. The lowest BCUT2D eigenvalue weighted by Crippen LogP contribution is -2.22. The van der Waals surface area contributed by atoms with Gasteiger partial charge in [0.05, 0.1) is 18.7 Å². The molecule has 0 saturated carbocycles. The largest absolute Gasteiger partial charge is 0.573 e. The molecule has 0 bridgehead atoms. The Morgan fingerprint density at radius 3 is 2.27 bits per heavy atom. The van der Waals surface area contributed by atoms with Crippen molar-refractivity contribution in [2.24, 2.45) is 0 Å². The topological polar surface area (TPSA) is 48.4 Å². The van der Waals surface area contributed by atoms with Gasteiger partial charge in [-0.15, -0.1) is 13.2 Å². The van der Waals surface area contributed by atoms with Crippen LogP contribution in [0.4, 0.5) is 30.7 Å². The fraction of sp³-hybridized carbons (Fsp3) is 0.455. The number of halogens is 7. The quantitative estimate of drug-likeness (QED) is 0.626. The molecule has 0 saturated heterocycles. The van der Waals surface area contributed by atoms with Crippen molar-refractivity contribution in [1.82, 2.24) is 4.98 Å². The maximum atomic E-state index is 13.2. The Morgan fingerprint density at radius 1 is 1.23 bits per heavy atom. The van der Waals surface area contributed by atoms with Gasteiger partial charge in [0.15, 0.2) is 17.3 Å². The molecule has 0 spiro atoms. The van der Waals surface area contributed by atoms with Crippen LogP contribution in [-0.4, -0.2) is 23.9 Å².